The van der Waals surface area contributed by atoms with Gasteiger partial charge in [0.2, 0.25) is 0 Å². The Morgan fingerprint density at radius 1 is 1.23 bits per heavy atom. The summed E-state index contributed by atoms with van der Waals surface area (Å²) < 4.78 is 6.85. The van der Waals surface area contributed by atoms with Gasteiger partial charge >= 0.3 is 6.09 Å². The summed E-state index contributed by atoms with van der Waals surface area (Å²) in [6.45, 7) is 3.56. The fraction of sp³-hybridized carbons (Fsp3) is 0.250. The van der Waals surface area contributed by atoms with Crippen molar-refractivity contribution in [3.8, 4) is 0 Å². The Labute approximate surface area is 188 Å². The lowest BCUT2D eigenvalue weighted by Crippen LogP contribution is -2.17. The third-order valence-corrected chi connectivity index (χ3v) is 5.58. The van der Waals surface area contributed by atoms with Crippen LogP contribution in [0, 0.1) is 0 Å². The van der Waals surface area contributed by atoms with Crippen molar-refractivity contribution >= 4 is 41.1 Å². The molecule has 1 aromatic carbocycles. The fourth-order valence-corrected chi connectivity index (χ4v) is 4.69. The summed E-state index contributed by atoms with van der Waals surface area (Å²) >= 11 is 13.7. The van der Waals surface area contributed by atoms with Crippen molar-refractivity contribution < 1.29 is 14.6 Å². The second-order valence-electron chi connectivity index (χ2n) is 7.00. The smallest absolute Gasteiger partial charge is 0.404 e. The van der Waals surface area contributed by atoms with Crippen molar-refractivity contribution in [2.45, 2.75) is 42.5 Å². The molecule has 0 aliphatic heterocycles. The number of pyridine rings is 1. The van der Waals surface area contributed by atoms with Crippen LogP contribution in [-0.4, -0.2) is 25.7 Å². The largest absolute Gasteiger partial charge is 0.442 e. The summed E-state index contributed by atoms with van der Waals surface area (Å²) in [7, 11) is 0. The van der Waals surface area contributed by atoms with E-state index < -0.39 is 11.7 Å². The Kier molecular flexibility index (Phi) is 6.92. The van der Waals surface area contributed by atoms with Gasteiger partial charge in [0.15, 0.2) is 6.61 Å². The van der Waals surface area contributed by atoms with Crippen LogP contribution in [0.15, 0.2) is 52.6 Å². The van der Waals surface area contributed by atoms with Gasteiger partial charge in [0.25, 0.3) is 0 Å². The highest BCUT2D eigenvalue weighted by atomic mass is 35.5. The maximum absolute atomic E-state index is 11.2. The van der Waals surface area contributed by atoms with Gasteiger partial charge in [0, 0.05) is 27.3 Å². The molecule has 7 nitrogen and oxygen atoms in total. The maximum atomic E-state index is 11.2. The first-order chi connectivity index (χ1) is 14.1. The number of nitrogens with zero attached hydrogens (tertiary/aromatic N) is 3. The second-order valence-corrected chi connectivity index (χ2v) is 8.93. The molecule has 3 aromatic rings. The lowest BCUT2D eigenvalue weighted by Gasteiger charge is -2.18. The van der Waals surface area contributed by atoms with E-state index in [9.17, 15) is 9.90 Å². The third-order valence-electron chi connectivity index (χ3n) is 4.06. The second kappa shape index (κ2) is 9.26. The van der Waals surface area contributed by atoms with Gasteiger partial charge in [0.05, 0.1) is 6.54 Å². The summed E-state index contributed by atoms with van der Waals surface area (Å²) in [4.78, 5) is 20.5. The van der Waals surface area contributed by atoms with Crippen LogP contribution in [-0.2, 0) is 23.5 Å². The molecule has 0 spiro atoms. The predicted octanol–water partition coefficient (Wildman–Crippen LogP) is 4.61. The predicted molar refractivity (Wildman–Crippen MR) is 116 cm³/mol. The van der Waals surface area contributed by atoms with Crippen LogP contribution in [0.2, 0.25) is 10.0 Å². The number of amides is 1. The van der Waals surface area contributed by atoms with Crippen LogP contribution < -0.4 is 5.73 Å². The number of nitrogens with two attached hydrogens (primary N) is 1. The van der Waals surface area contributed by atoms with Gasteiger partial charge in [-0.15, -0.1) is 0 Å². The lowest BCUT2D eigenvalue weighted by atomic mass is 10.1. The highest BCUT2D eigenvalue weighted by molar-refractivity contribution is 7.99. The minimum absolute atomic E-state index is 0.139. The standard InChI is InChI=1S/C20H20Cl2N4O3S/c1-20(2,28)17-18(30-15-8-13(21)7-14(22)9-15)26(10-12-3-5-24-6-4-12)16(25-17)11-29-19(23)27/h3-9,28H,10-11H2,1-2H3,(H2,23,27). The topological polar surface area (TPSA) is 103 Å². The zero-order valence-corrected chi connectivity index (χ0v) is 18.6. The van der Waals surface area contributed by atoms with E-state index in [0.29, 0.717) is 33.1 Å². The lowest BCUT2D eigenvalue weighted by molar-refractivity contribution is 0.0707. The Morgan fingerprint density at radius 3 is 2.43 bits per heavy atom. The number of imidazole rings is 1. The zero-order valence-electron chi connectivity index (χ0n) is 16.3. The number of benzene rings is 1. The van der Waals surface area contributed by atoms with Crippen LogP contribution in [0.5, 0.6) is 0 Å². The van der Waals surface area contributed by atoms with E-state index in [1.54, 1.807) is 44.4 Å². The summed E-state index contributed by atoms with van der Waals surface area (Å²) in [5, 5.41) is 12.4. The molecule has 0 atom stereocenters. The normalized spacial score (nSPS) is 11.5. The Morgan fingerprint density at radius 2 is 1.87 bits per heavy atom. The molecule has 0 bridgehead atoms. The third kappa shape index (κ3) is 5.66. The number of primary amides is 1. The molecule has 2 aromatic heterocycles. The Bertz CT molecular complexity index is 1030. The quantitative estimate of drug-likeness (QED) is 0.526. The van der Waals surface area contributed by atoms with Crippen molar-refractivity contribution in [1.29, 1.82) is 0 Å². The summed E-state index contributed by atoms with van der Waals surface area (Å²) in [5.41, 5.74) is 5.27. The van der Waals surface area contributed by atoms with Crippen molar-refractivity contribution in [1.82, 2.24) is 14.5 Å². The molecule has 0 saturated carbocycles. The van der Waals surface area contributed by atoms with E-state index in [-0.39, 0.29) is 6.61 Å². The Hall–Kier alpha value is -2.26. The van der Waals surface area contributed by atoms with E-state index in [0.717, 1.165) is 10.5 Å². The monoisotopic (exact) mass is 466 g/mol. The summed E-state index contributed by atoms with van der Waals surface area (Å²) in [5.74, 6) is 0.443. The highest BCUT2D eigenvalue weighted by Crippen LogP contribution is 2.38. The van der Waals surface area contributed by atoms with E-state index in [1.165, 1.54) is 11.8 Å². The number of hydrogen-bond donors (Lipinski definition) is 2. The maximum Gasteiger partial charge on any atom is 0.404 e. The minimum atomic E-state index is -1.25. The zero-order chi connectivity index (χ0) is 21.9. The molecular weight excluding hydrogens is 447 g/mol. The SMILES string of the molecule is CC(C)(O)c1nc(COC(N)=O)n(Cc2ccncc2)c1Sc1cc(Cl)cc(Cl)c1. The first-order valence-corrected chi connectivity index (χ1v) is 10.5. The van der Waals surface area contributed by atoms with Gasteiger partial charge in [-0.3, -0.25) is 4.98 Å². The number of rotatable bonds is 7. The van der Waals surface area contributed by atoms with Crippen LogP contribution >= 0.6 is 35.0 Å². The van der Waals surface area contributed by atoms with Crippen LogP contribution in [0.4, 0.5) is 4.79 Å². The molecule has 2 heterocycles. The summed E-state index contributed by atoms with van der Waals surface area (Å²) in [6, 6.07) is 8.93. The first kappa shape index (κ1) is 22.4. The molecule has 3 N–H and O–H groups in total. The number of carbonyl (C=O) groups excluding carboxylic acids is 1. The average Bonchev–Trinajstić information content (AvgIpc) is 2.98. The molecule has 3 rings (SSSR count). The van der Waals surface area contributed by atoms with Crippen LogP contribution in [0.25, 0.3) is 0 Å². The first-order valence-electron chi connectivity index (χ1n) is 8.91. The van der Waals surface area contributed by atoms with Gasteiger partial charge in [0.1, 0.15) is 22.1 Å². The molecule has 0 aliphatic rings. The molecule has 10 heteroatoms. The van der Waals surface area contributed by atoms with E-state index in [2.05, 4.69) is 9.97 Å². The van der Waals surface area contributed by atoms with Gasteiger partial charge in [-0.05, 0) is 49.7 Å². The summed E-state index contributed by atoms with van der Waals surface area (Å²) in [6.07, 6.45) is 2.47. The number of hydrogen-bond acceptors (Lipinski definition) is 6. The molecule has 158 valence electrons. The van der Waals surface area contributed by atoms with Crippen molar-refractivity contribution in [2.75, 3.05) is 0 Å². The molecule has 0 unspecified atom stereocenters. The number of ether oxygens (including phenoxy) is 1. The van der Waals surface area contributed by atoms with Crippen LogP contribution in [0.3, 0.4) is 0 Å². The number of carbonyl (C=O) groups is 1. The van der Waals surface area contributed by atoms with E-state index in [4.69, 9.17) is 33.7 Å². The highest BCUT2D eigenvalue weighted by Gasteiger charge is 2.29. The van der Waals surface area contributed by atoms with E-state index in [1.807, 2.05) is 16.7 Å². The molecular formula is C20H20Cl2N4O3S. The molecule has 0 radical (unpaired) electrons. The van der Waals surface area contributed by atoms with Gasteiger partial charge in [-0.1, -0.05) is 35.0 Å². The van der Waals surface area contributed by atoms with Gasteiger partial charge in [-0.25, -0.2) is 9.78 Å². The minimum Gasteiger partial charge on any atom is -0.442 e. The number of halogens is 2. The number of aromatic nitrogens is 3. The average molecular weight is 467 g/mol. The molecule has 30 heavy (non-hydrogen) atoms. The molecule has 0 saturated heterocycles. The number of aliphatic hydroxyl groups is 1. The molecule has 0 aliphatic carbocycles. The molecule has 1 amide bonds. The van der Waals surface area contributed by atoms with Gasteiger partial charge in [-0.2, -0.15) is 0 Å². The van der Waals surface area contributed by atoms with Crippen molar-refractivity contribution in [3.05, 3.63) is 69.9 Å². The van der Waals surface area contributed by atoms with Crippen LogP contribution in [0.1, 0.15) is 30.9 Å². The van der Waals surface area contributed by atoms with Gasteiger partial charge < -0.3 is 20.1 Å². The van der Waals surface area contributed by atoms with Crippen molar-refractivity contribution in [3.63, 3.8) is 0 Å². The molecule has 0 fully saturated rings. The fourth-order valence-electron chi connectivity index (χ4n) is 2.76. The van der Waals surface area contributed by atoms with Crippen molar-refractivity contribution in [2.24, 2.45) is 5.73 Å². The van der Waals surface area contributed by atoms with E-state index >= 15 is 0 Å². The Balaban J connectivity index is 2.13.